The van der Waals surface area contributed by atoms with Crippen molar-refractivity contribution < 1.29 is 9.90 Å². The van der Waals surface area contributed by atoms with Gasteiger partial charge in [0.2, 0.25) is 0 Å². The van der Waals surface area contributed by atoms with Crippen molar-refractivity contribution in [1.29, 1.82) is 0 Å². The van der Waals surface area contributed by atoms with Gasteiger partial charge in [0.05, 0.1) is 0 Å². The number of likely N-dealkylation sites (tertiary alicyclic amines) is 1. The molecular weight excluding hydrogens is 294 g/mol. The number of hydrogen-bond acceptors (Lipinski definition) is 2. The highest BCUT2D eigenvalue weighted by molar-refractivity contribution is 9.10. The lowest BCUT2D eigenvalue weighted by Crippen LogP contribution is -2.38. The Kier molecular flexibility index (Phi) is 4.40. The Morgan fingerprint density at radius 1 is 1.33 bits per heavy atom. The van der Waals surface area contributed by atoms with Gasteiger partial charge in [-0.05, 0) is 50.0 Å². The average Bonchev–Trinajstić information content (AvgIpc) is 2.33. The predicted octanol–water partition coefficient (Wildman–Crippen LogP) is 3.37. The Hall–Kier alpha value is -0.870. The Balaban J connectivity index is 2.31. The van der Waals surface area contributed by atoms with E-state index in [-0.39, 0.29) is 0 Å². The monoisotopic (exact) mass is 311 g/mol. The number of rotatable bonds is 3. The molecule has 1 N–H and O–H groups in total. The van der Waals surface area contributed by atoms with Gasteiger partial charge in [0.25, 0.3) is 0 Å². The van der Waals surface area contributed by atoms with Gasteiger partial charge in [0, 0.05) is 4.47 Å². The number of carbonyl (C=O) groups is 1. The number of aryl methyl sites for hydroxylation is 1. The second kappa shape index (κ2) is 5.85. The zero-order chi connectivity index (χ0) is 13.1. The van der Waals surface area contributed by atoms with Crippen LogP contribution in [-0.4, -0.2) is 29.1 Å². The fourth-order valence-corrected chi connectivity index (χ4v) is 3.23. The molecule has 0 aromatic heterocycles. The third kappa shape index (κ3) is 2.93. The molecule has 0 radical (unpaired) electrons. The number of carboxylic acid groups (broad SMARTS) is 1. The molecule has 0 bridgehead atoms. The first-order valence-electron chi connectivity index (χ1n) is 6.32. The first-order valence-corrected chi connectivity index (χ1v) is 7.12. The van der Waals surface area contributed by atoms with Crippen LogP contribution in [0.5, 0.6) is 0 Å². The summed E-state index contributed by atoms with van der Waals surface area (Å²) in [6.07, 6.45) is 3.39. The summed E-state index contributed by atoms with van der Waals surface area (Å²) in [5.74, 6) is -0.763. The second-order valence-electron chi connectivity index (χ2n) is 4.86. The largest absolute Gasteiger partial charge is 0.480 e. The summed E-state index contributed by atoms with van der Waals surface area (Å²) in [7, 11) is 0. The third-order valence-electron chi connectivity index (χ3n) is 3.44. The van der Waals surface area contributed by atoms with Crippen molar-refractivity contribution in [2.75, 3.05) is 13.1 Å². The number of benzene rings is 1. The van der Waals surface area contributed by atoms with Crippen LogP contribution in [0.1, 0.15) is 36.4 Å². The Morgan fingerprint density at radius 2 is 2.00 bits per heavy atom. The van der Waals surface area contributed by atoms with Crippen molar-refractivity contribution in [1.82, 2.24) is 4.90 Å². The van der Waals surface area contributed by atoms with Crippen LogP contribution in [0.4, 0.5) is 0 Å². The lowest BCUT2D eigenvalue weighted by atomic mass is 10.0. The summed E-state index contributed by atoms with van der Waals surface area (Å²) < 4.78 is 0.889. The standard InChI is InChI=1S/C14H18BrNO2/c1-10-5-6-11(12(15)9-10)13(14(17)18)16-7-3-2-4-8-16/h5-6,9,13H,2-4,7-8H2,1H3,(H,17,18). The molecular formula is C14H18BrNO2. The zero-order valence-electron chi connectivity index (χ0n) is 10.5. The molecule has 4 heteroatoms. The van der Waals surface area contributed by atoms with Gasteiger partial charge >= 0.3 is 5.97 Å². The average molecular weight is 312 g/mol. The molecule has 1 aromatic carbocycles. The van der Waals surface area contributed by atoms with Gasteiger partial charge in [0.15, 0.2) is 0 Å². The molecule has 0 spiro atoms. The van der Waals surface area contributed by atoms with Crippen LogP contribution < -0.4 is 0 Å². The third-order valence-corrected chi connectivity index (χ3v) is 4.13. The first-order chi connectivity index (χ1) is 8.59. The van der Waals surface area contributed by atoms with E-state index in [1.165, 1.54) is 6.42 Å². The lowest BCUT2D eigenvalue weighted by Gasteiger charge is -2.32. The molecule has 1 aliphatic heterocycles. The number of piperidine rings is 1. The van der Waals surface area contributed by atoms with Crippen molar-refractivity contribution in [3.63, 3.8) is 0 Å². The van der Waals surface area contributed by atoms with Crippen LogP contribution in [0.3, 0.4) is 0 Å². The summed E-state index contributed by atoms with van der Waals surface area (Å²) >= 11 is 3.49. The molecule has 1 aromatic rings. The molecule has 1 heterocycles. The minimum atomic E-state index is -0.763. The Labute approximate surface area is 116 Å². The van der Waals surface area contributed by atoms with Gasteiger partial charge in [-0.25, -0.2) is 0 Å². The fourth-order valence-electron chi connectivity index (χ4n) is 2.52. The van der Waals surface area contributed by atoms with Crippen LogP contribution >= 0.6 is 15.9 Å². The molecule has 1 atom stereocenters. The van der Waals surface area contributed by atoms with Crippen LogP contribution in [0.2, 0.25) is 0 Å². The molecule has 0 saturated carbocycles. The number of aliphatic carboxylic acids is 1. The van der Waals surface area contributed by atoms with E-state index >= 15 is 0 Å². The summed E-state index contributed by atoms with van der Waals surface area (Å²) in [4.78, 5) is 13.6. The Bertz CT molecular complexity index is 441. The van der Waals surface area contributed by atoms with E-state index in [4.69, 9.17) is 0 Å². The predicted molar refractivity (Wildman–Crippen MR) is 74.7 cm³/mol. The smallest absolute Gasteiger partial charge is 0.325 e. The zero-order valence-corrected chi connectivity index (χ0v) is 12.1. The quantitative estimate of drug-likeness (QED) is 0.930. The molecule has 0 amide bonds. The van der Waals surface area contributed by atoms with Gasteiger partial charge in [0.1, 0.15) is 6.04 Å². The number of nitrogens with zero attached hydrogens (tertiary/aromatic N) is 1. The van der Waals surface area contributed by atoms with E-state index in [1.54, 1.807) is 0 Å². The van der Waals surface area contributed by atoms with Gasteiger partial charge < -0.3 is 5.11 Å². The Morgan fingerprint density at radius 3 is 2.56 bits per heavy atom. The van der Waals surface area contributed by atoms with Gasteiger partial charge in [-0.15, -0.1) is 0 Å². The van der Waals surface area contributed by atoms with Crippen molar-refractivity contribution in [3.05, 3.63) is 33.8 Å². The highest BCUT2D eigenvalue weighted by Gasteiger charge is 2.29. The minimum absolute atomic E-state index is 0.528. The molecule has 1 unspecified atom stereocenters. The van der Waals surface area contributed by atoms with Crippen LogP contribution in [-0.2, 0) is 4.79 Å². The maximum atomic E-state index is 11.6. The van der Waals surface area contributed by atoms with Crippen molar-refractivity contribution >= 4 is 21.9 Å². The molecule has 1 fully saturated rings. The van der Waals surface area contributed by atoms with Crippen molar-refractivity contribution in [3.8, 4) is 0 Å². The molecule has 1 aliphatic rings. The fraction of sp³-hybridized carbons (Fsp3) is 0.500. The van der Waals surface area contributed by atoms with E-state index < -0.39 is 12.0 Å². The molecule has 98 valence electrons. The summed E-state index contributed by atoms with van der Waals surface area (Å²) in [6.45, 7) is 3.75. The molecule has 0 aliphatic carbocycles. The van der Waals surface area contributed by atoms with Crippen LogP contribution in [0, 0.1) is 6.92 Å². The minimum Gasteiger partial charge on any atom is -0.480 e. The van der Waals surface area contributed by atoms with Crippen LogP contribution in [0.15, 0.2) is 22.7 Å². The first kappa shape index (κ1) is 13.6. The van der Waals surface area contributed by atoms with Gasteiger partial charge in [-0.1, -0.05) is 34.5 Å². The number of carboxylic acids is 1. The van der Waals surface area contributed by atoms with E-state index in [0.29, 0.717) is 0 Å². The molecule has 18 heavy (non-hydrogen) atoms. The van der Waals surface area contributed by atoms with E-state index in [0.717, 1.165) is 41.5 Å². The van der Waals surface area contributed by atoms with E-state index in [1.807, 2.05) is 25.1 Å². The maximum Gasteiger partial charge on any atom is 0.325 e. The second-order valence-corrected chi connectivity index (χ2v) is 5.72. The molecule has 2 rings (SSSR count). The number of hydrogen-bond donors (Lipinski definition) is 1. The summed E-state index contributed by atoms with van der Waals surface area (Å²) in [6, 6.07) is 5.35. The van der Waals surface area contributed by atoms with E-state index in [9.17, 15) is 9.90 Å². The normalized spacial score (nSPS) is 18.6. The highest BCUT2D eigenvalue weighted by Crippen LogP contribution is 2.31. The van der Waals surface area contributed by atoms with Crippen molar-refractivity contribution in [2.24, 2.45) is 0 Å². The van der Waals surface area contributed by atoms with Crippen LogP contribution in [0.25, 0.3) is 0 Å². The molecule has 1 saturated heterocycles. The van der Waals surface area contributed by atoms with E-state index in [2.05, 4.69) is 20.8 Å². The van der Waals surface area contributed by atoms with Gasteiger partial charge in [-0.3, -0.25) is 9.69 Å². The SMILES string of the molecule is Cc1ccc(C(C(=O)O)N2CCCCC2)c(Br)c1. The lowest BCUT2D eigenvalue weighted by molar-refractivity contribution is -0.144. The summed E-state index contributed by atoms with van der Waals surface area (Å²) in [5, 5.41) is 9.51. The van der Waals surface area contributed by atoms with Gasteiger partial charge in [-0.2, -0.15) is 0 Å². The molecule has 3 nitrogen and oxygen atoms in total. The maximum absolute atomic E-state index is 11.6. The topological polar surface area (TPSA) is 40.5 Å². The summed E-state index contributed by atoms with van der Waals surface area (Å²) in [5.41, 5.74) is 1.99. The van der Waals surface area contributed by atoms with Crippen molar-refractivity contribution in [2.45, 2.75) is 32.2 Å². The number of halogens is 1. The highest BCUT2D eigenvalue weighted by atomic mass is 79.9.